The standard InChI is InChI=1S/C15H10F3N5OS/c16-9-1-2-10(13(18)12(9)17)20-11(24)7-25-15-21-14(22-23-15)8-3-5-19-6-4-8/h1-6H,7H2,(H,20,24)(H,21,22,23). The van der Waals surface area contributed by atoms with E-state index in [2.05, 4.69) is 25.5 Å². The molecular weight excluding hydrogens is 355 g/mol. The monoisotopic (exact) mass is 365 g/mol. The van der Waals surface area contributed by atoms with Crippen LogP contribution in [0.2, 0.25) is 0 Å². The maximum absolute atomic E-state index is 13.5. The number of halogens is 3. The second-order valence-electron chi connectivity index (χ2n) is 4.76. The molecule has 128 valence electrons. The van der Waals surface area contributed by atoms with Gasteiger partial charge in [-0.2, -0.15) is 0 Å². The van der Waals surface area contributed by atoms with Crippen LogP contribution in [0.15, 0.2) is 41.8 Å². The van der Waals surface area contributed by atoms with E-state index in [0.717, 1.165) is 29.5 Å². The van der Waals surface area contributed by atoms with E-state index in [1.165, 1.54) is 0 Å². The molecule has 0 aliphatic carbocycles. The lowest BCUT2D eigenvalue weighted by atomic mass is 10.3. The fourth-order valence-corrected chi connectivity index (χ4v) is 2.49. The summed E-state index contributed by atoms with van der Waals surface area (Å²) < 4.78 is 39.5. The van der Waals surface area contributed by atoms with E-state index in [4.69, 9.17) is 0 Å². The van der Waals surface area contributed by atoms with Gasteiger partial charge in [-0.3, -0.25) is 14.9 Å². The highest BCUT2D eigenvalue weighted by Crippen LogP contribution is 2.21. The lowest BCUT2D eigenvalue weighted by Gasteiger charge is -2.06. The number of anilines is 1. The van der Waals surface area contributed by atoms with Gasteiger partial charge in [0.05, 0.1) is 11.4 Å². The average molecular weight is 365 g/mol. The van der Waals surface area contributed by atoms with Gasteiger partial charge in [-0.1, -0.05) is 11.8 Å². The Hall–Kier alpha value is -2.88. The quantitative estimate of drug-likeness (QED) is 0.536. The largest absolute Gasteiger partial charge is 0.323 e. The van der Waals surface area contributed by atoms with Crippen LogP contribution in [0.1, 0.15) is 0 Å². The first-order valence-electron chi connectivity index (χ1n) is 6.93. The number of aromatic nitrogens is 4. The lowest BCUT2D eigenvalue weighted by Crippen LogP contribution is -2.16. The summed E-state index contributed by atoms with van der Waals surface area (Å²) in [5.74, 6) is -4.64. The first-order chi connectivity index (χ1) is 12.0. The number of pyridine rings is 1. The number of nitrogens with zero attached hydrogens (tertiary/aromatic N) is 3. The maximum Gasteiger partial charge on any atom is 0.234 e. The van der Waals surface area contributed by atoms with Crippen molar-refractivity contribution in [3.05, 3.63) is 54.1 Å². The Morgan fingerprint density at radius 3 is 2.64 bits per heavy atom. The molecule has 0 atom stereocenters. The minimum absolute atomic E-state index is 0.133. The molecule has 1 amide bonds. The van der Waals surface area contributed by atoms with Gasteiger partial charge in [-0.15, -0.1) is 5.10 Å². The van der Waals surface area contributed by atoms with Gasteiger partial charge in [0.25, 0.3) is 0 Å². The van der Waals surface area contributed by atoms with Gasteiger partial charge in [0.15, 0.2) is 23.3 Å². The highest BCUT2D eigenvalue weighted by Gasteiger charge is 2.16. The molecule has 25 heavy (non-hydrogen) atoms. The molecule has 0 fully saturated rings. The number of thioether (sulfide) groups is 1. The normalized spacial score (nSPS) is 10.7. The van der Waals surface area contributed by atoms with Crippen LogP contribution in [-0.4, -0.2) is 31.8 Å². The number of hydrogen-bond donors (Lipinski definition) is 2. The SMILES string of the molecule is O=C(CSc1n[nH]c(-c2ccncc2)n1)Nc1ccc(F)c(F)c1F. The van der Waals surface area contributed by atoms with E-state index in [-0.39, 0.29) is 5.75 Å². The molecule has 2 N–H and O–H groups in total. The number of amides is 1. The van der Waals surface area contributed by atoms with E-state index in [1.54, 1.807) is 24.5 Å². The van der Waals surface area contributed by atoms with Crippen molar-refractivity contribution in [3.8, 4) is 11.4 Å². The summed E-state index contributed by atoms with van der Waals surface area (Å²) in [6.07, 6.45) is 3.21. The first kappa shape index (κ1) is 17.0. The summed E-state index contributed by atoms with van der Waals surface area (Å²) in [7, 11) is 0. The zero-order chi connectivity index (χ0) is 17.8. The number of carbonyl (C=O) groups is 1. The molecule has 6 nitrogen and oxygen atoms in total. The van der Waals surface area contributed by atoms with E-state index in [1.807, 2.05) is 0 Å². The van der Waals surface area contributed by atoms with Gasteiger partial charge >= 0.3 is 0 Å². The molecule has 2 aromatic heterocycles. The zero-order valence-electron chi connectivity index (χ0n) is 12.5. The van der Waals surface area contributed by atoms with E-state index in [0.29, 0.717) is 11.0 Å². The number of carbonyl (C=O) groups excluding carboxylic acids is 1. The van der Waals surface area contributed by atoms with Gasteiger partial charge in [-0.05, 0) is 24.3 Å². The minimum Gasteiger partial charge on any atom is -0.323 e. The Morgan fingerprint density at radius 1 is 1.12 bits per heavy atom. The van der Waals surface area contributed by atoms with Crippen molar-refractivity contribution >= 4 is 23.4 Å². The average Bonchev–Trinajstić information content (AvgIpc) is 3.10. The van der Waals surface area contributed by atoms with Crippen LogP contribution in [-0.2, 0) is 4.79 Å². The molecule has 0 spiro atoms. The highest BCUT2D eigenvalue weighted by atomic mass is 32.2. The minimum atomic E-state index is -1.64. The Labute approximate surface area is 143 Å². The van der Waals surface area contributed by atoms with Crippen LogP contribution < -0.4 is 5.32 Å². The van der Waals surface area contributed by atoms with E-state index in [9.17, 15) is 18.0 Å². The Kier molecular flexibility index (Phi) is 4.98. The summed E-state index contributed by atoms with van der Waals surface area (Å²) in [6.45, 7) is 0. The molecule has 0 saturated heterocycles. The van der Waals surface area contributed by atoms with Gasteiger partial charge in [0.2, 0.25) is 11.1 Å². The molecular formula is C15H10F3N5OS. The number of aromatic amines is 1. The number of rotatable bonds is 5. The predicted octanol–water partition coefficient (Wildman–Crippen LogP) is 3.01. The summed E-state index contributed by atoms with van der Waals surface area (Å²) in [4.78, 5) is 19.9. The zero-order valence-corrected chi connectivity index (χ0v) is 13.3. The van der Waals surface area contributed by atoms with Crippen LogP contribution in [0.5, 0.6) is 0 Å². The molecule has 3 rings (SSSR count). The number of hydrogen-bond acceptors (Lipinski definition) is 5. The van der Waals surface area contributed by atoms with Gasteiger partial charge in [0.1, 0.15) is 0 Å². The van der Waals surface area contributed by atoms with Gasteiger partial charge in [-0.25, -0.2) is 18.2 Å². The number of benzene rings is 1. The molecule has 3 aromatic rings. The van der Waals surface area contributed by atoms with Crippen molar-refractivity contribution in [1.82, 2.24) is 20.2 Å². The van der Waals surface area contributed by atoms with E-state index >= 15 is 0 Å². The number of nitrogens with one attached hydrogen (secondary N) is 2. The molecule has 0 radical (unpaired) electrons. The van der Waals surface area contributed by atoms with Crippen LogP contribution in [0.4, 0.5) is 18.9 Å². The second-order valence-corrected chi connectivity index (χ2v) is 5.70. The topological polar surface area (TPSA) is 83.6 Å². The molecule has 2 heterocycles. The molecule has 0 aliphatic rings. The molecule has 10 heteroatoms. The summed E-state index contributed by atoms with van der Waals surface area (Å²) in [5, 5.41) is 9.17. The summed E-state index contributed by atoms with van der Waals surface area (Å²) in [6, 6.07) is 5.17. The third kappa shape index (κ3) is 3.97. The Bertz CT molecular complexity index is 903. The fourth-order valence-electron chi connectivity index (χ4n) is 1.89. The predicted molar refractivity (Wildman–Crippen MR) is 85.3 cm³/mol. The van der Waals surface area contributed by atoms with Crippen molar-refractivity contribution in [1.29, 1.82) is 0 Å². The molecule has 0 aliphatic heterocycles. The Morgan fingerprint density at radius 2 is 1.88 bits per heavy atom. The third-order valence-electron chi connectivity index (χ3n) is 3.06. The van der Waals surface area contributed by atoms with Crippen molar-refractivity contribution in [2.75, 3.05) is 11.1 Å². The van der Waals surface area contributed by atoms with Crippen molar-refractivity contribution < 1.29 is 18.0 Å². The van der Waals surface area contributed by atoms with Gasteiger partial charge in [0, 0.05) is 18.0 Å². The molecule has 0 saturated carbocycles. The van der Waals surface area contributed by atoms with Crippen LogP contribution in [0.25, 0.3) is 11.4 Å². The molecule has 1 aromatic carbocycles. The summed E-state index contributed by atoms with van der Waals surface area (Å²) in [5.41, 5.74) is 0.347. The van der Waals surface area contributed by atoms with Gasteiger partial charge < -0.3 is 5.32 Å². The van der Waals surface area contributed by atoms with Crippen LogP contribution in [0.3, 0.4) is 0 Å². The van der Waals surface area contributed by atoms with Crippen molar-refractivity contribution in [3.63, 3.8) is 0 Å². The lowest BCUT2D eigenvalue weighted by molar-refractivity contribution is -0.113. The smallest absolute Gasteiger partial charge is 0.234 e. The highest BCUT2D eigenvalue weighted by molar-refractivity contribution is 7.99. The number of H-pyrrole nitrogens is 1. The van der Waals surface area contributed by atoms with Crippen molar-refractivity contribution in [2.24, 2.45) is 0 Å². The molecule has 0 unspecified atom stereocenters. The van der Waals surface area contributed by atoms with Crippen LogP contribution >= 0.6 is 11.8 Å². The maximum atomic E-state index is 13.5. The molecule has 0 bridgehead atoms. The second kappa shape index (κ2) is 7.34. The van der Waals surface area contributed by atoms with Crippen molar-refractivity contribution in [2.45, 2.75) is 5.16 Å². The fraction of sp³-hybridized carbons (Fsp3) is 0.0667. The Balaban J connectivity index is 1.60. The summed E-state index contributed by atoms with van der Waals surface area (Å²) >= 11 is 1.01. The van der Waals surface area contributed by atoms with E-state index < -0.39 is 29.0 Å². The third-order valence-corrected chi connectivity index (χ3v) is 3.91. The van der Waals surface area contributed by atoms with Crippen LogP contribution in [0, 0.1) is 17.5 Å². The first-order valence-corrected chi connectivity index (χ1v) is 7.92.